The number of aromatic amines is 1. The number of rotatable bonds is 4. The molecule has 25 heavy (non-hydrogen) atoms. The first-order valence-corrected chi connectivity index (χ1v) is 8.85. The van der Waals surface area contributed by atoms with Crippen LogP contribution in [0.4, 0.5) is 0 Å². The molecule has 6 nitrogen and oxygen atoms in total. The van der Waals surface area contributed by atoms with Crippen LogP contribution in [0.5, 0.6) is 0 Å². The van der Waals surface area contributed by atoms with Crippen molar-refractivity contribution in [1.82, 2.24) is 25.0 Å². The van der Waals surface area contributed by atoms with E-state index < -0.39 is 0 Å². The Balaban J connectivity index is 1.51. The summed E-state index contributed by atoms with van der Waals surface area (Å²) < 4.78 is 5.59. The average molecular weight is 337 g/mol. The highest BCUT2D eigenvalue weighted by atomic mass is 16.5. The molecule has 1 aromatic carbocycles. The lowest BCUT2D eigenvalue weighted by Crippen LogP contribution is -2.36. The molecule has 130 valence electrons. The first kappa shape index (κ1) is 16.0. The third kappa shape index (κ3) is 3.22. The predicted octanol–water partition coefficient (Wildman–Crippen LogP) is 3.71. The van der Waals surface area contributed by atoms with Gasteiger partial charge in [-0.3, -0.25) is 4.90 Å². The molecule has 2 atom stereocenters. The van der Waals surface area contributed by atoms with Crippen LogP contribution in [0.3, 0.4) is 0 Å². The van der Waals surface area contributed by atoms with E-state index in [0.717, 1.165) is 42.9 Å². The maximum absolute atomic E-state index is 5.59. The van der Waals surface area contributed by atoms with Crippen molar-refractivity contribution in [1.29, 1.82) is 0 Å². The zero-order chi connectivity index (χ0) is 17.2. The van der Waals surface area contributed by atoms with Crippen molar-refractivity contribution in [3.63, 3.8) is 0 Å². The van der Waals surface area contributed by atoms with Crippen LogP contribution in [0.15, 0.2) is 41.2 Å². The summed E-state index contributed by atoms with van der Waals surface area (Å²) in [5.74, 6) is 2.85. The predicted molar refractivity (Wildman–Crippen MR) is 95.0 cm³/mol. The van der Waals surface area contributed by atoms with Gasteiger partial charge < -0.3 is 9.51 Å². The monoisotopic (exact) mass is 337 g/mol. The van der Waals surface area contributed by atoms with Crippen molar-refractivity contribution in [2.45, 2.75) is 38.6 Å². The largest absolute Gasteiger partial charge is 0.348 e. The van der Waals surface area contributed by atoms with E-state index in [0.29, 0.717) is 17.6 Å². The van der Waals surface area contributed by atoms with Crippen LogP contribution in [-0.4, -0.2) is 38.1 Å². The number of aromatic nitrogens is 4. The number of imidazole rings is 1. The molecule has 1 aliphatic heterocycles. The highest BCUT2D eigenvalue weighted by Crippen LogP contribution is 2.31. The van der Waals surface area contributed by atoms with Crippen molar-refractivity contribution in [3.8, 4) is 11.4 Å². The Kier molecular flexibility index (Phi) is 4.36. The fourth-order valence-electron chi connectivity index (χ4n) is 3.58. The first-order valence-electron chi connectivity index (χ1n) is 8.85. The van der Waals surface area contributed by atoms with Crippen LogP contribution < -0.4 is 0 Å². The summed E-state index contributed by atoms with van der Waals surface area (Å²) >= 11 is 0. The van der Waals surface area contributed by atoms with Gasteiger partial charge in [0.25, 0.3) is 0 Å². The highest BCUT2D eigenvalue weighted by molar-refractivity contribution is 5.58. The van der Waals surface area contributed by atoms with E-state index >= 15 is 0 Å². The van der Waals surface area contributed by atoms with E-state index in [1.165, 1.54) is 0 Å². The van der Waals surface area contributed by atoms with Gasteiger partial charge in [0, 0.05) is 30.4 Å². The van der Waals surface area contributed by atoms with Gasteiger partial charge in [-0.25, -0.2) is 4.98 Å². The number of nitrogens with one attached hydrogen (secondary N) is 1. The standard InChI is InChI=1S/C19H23N5O/c1-13-6-3-4-8-16(13)18-22-19(25-23-18)14(2)24-11-5-7-15(12-24)17-20-9-10-21-17/h3-4,6,8-10,14-15H,5,7,11-12H2,1-2H3,(H,20,21)/t14-,15-/m0/s1. The van der Waals surface area contributed by atoms with Crippen LogP contribution in [0, 0.1) is 6.92 Å². The number of aryl methyl sites for hydroxylation is 1. The Morgan fingerprint density at radius 2 is 2.20 bits per heavy atom. The number of benzene rings is 1. The number of hydrogen-bond donors (Lipinski definition) is 1. The van der Waals surface area contributed by atoms with E-state index in [2.05, 4.69) is 44.9 Å². The van der Waals surface area contributed by atoms with E-state index in [-0.39, 0.29) is 6.04 Å². The quantitative estimate of drug-likeness (QED) is 0.786. The van der Waals surface area contributed by atoms with Crippen LogP contribution in [0.2, 0.25) is 0 Å². The lowest BCUT2D eigenvalue weighted by atomic mass is 9.96. The maximum Gasteiger partial charge on any atom is 0.244 e. The number of H-pyrrole nitrogens is 1. The Morgan fingerprint density at radius 1 is 1.32 bits per heavy atom. The van der Waals surface area contributed by atoms with Gasteiger partial charge in [0.15, 0.2) is 0 Å². The van der Waals surface area contributed by atoms with Gasteiger partial charge in [0.1, 0.15) is 5.82 Å². The van der Waals surface area contributed by atoms with Crippen molar-refractivity contribution < 1.29 is 4.52 Å². The summed E-state index contributed by atoms with van der Waals surface area (Å²) in [7, 11) is 0. The Morgan fingerprint density at radius 3 is 3.00 bits per heavy atom. The molecule has 3 aromatic rings. The average Bonchev–Trinajstić information content (AvgIpc) is 3.34. The number of hydrogen-bond acceptors (Lipinski definition) is 5. The van der Waals surface area contributed by atoms with Gasteiger partial charge in [-0.1, -0.05) is 29.4 Å². The molecular weight excluding hydrogens is 314 g/mol. The van der Waals surface area contributed by atoms with Crippen molar-refractivity contribution >= 4 is 0 Å². The molecule has 0 unspecified atom stereocenters. The molecule has 1 saturated heterocycles. The fourth-order valence-corrected chi connectivity index (χ4v) is 3.58. The van der Waals surface area contributed by atoms with Crippen LogP contribution >= 0.6 is 0 Å². The van der Waals surface area contributed by atoms with E-state index in [4.69, 9.17) is 4.52 Å². The zero-order valence-corrected chi connectivity index (χ0v) is 14.6. The molecule has 1 N–H and O–H groups in total. The van der Waals surface area contributed by atoms with Gasteiger partial charge in [-0.15, -0.1) is 0 Å². The molecule has 0 saturated carbocycles. The second-order valence-electron chi connectivity index (χ2n) is 6.76. The molecule has 4 rings (SSSR count). The van der Waals surface area contributed by atoms with Gasteiger partial charge in [0.05, 0.1) is 6.04 Å². The Labute approximate surface area is 147 Å². The summed E-state index contributed by atoms with van der Waals surface area (Å²) in [5.41, 5.74) is 2.18. The number of likely N-dealkylation sites (tertiary alicyclic amines) is 1. The Bertz CT molecular complexity index is 826. The lowest BCUT2D eigenvalue weighted by molar-refractivity contribution is 0.131. The molecule has 0 aliphatic carbocycles. The highest BCUT2D eigenvalue weighted by Gasteiger charge is 2.29. The molecule has 6 heteroatoms. The second-order valence-corrected chi connectivity index (χ2v) is 6.76. The first-order chi connectivity index (χ1) is 12.2. The fraction of sp³-hybridized carbons (Fsp3) is 0.421. The van der Waals surface area contributed by atoms with Crippen molar-refractivity contribution in [2.24, 2.45) is 0 Å². The summed E-state index contributed by atoms with van der Waals surface area (Å²) in [5, 5.41) is 4.20. The zero-order valence-electron chi connectivity index (χ0n) is 14.6. The number of nitrogens with zero attached hydrogens (tertiary/aromatic N) is 4. The van der Waals surface area contributed by atoms with Gasteiger partial charge >= 0.3 is 0 Å². The third-order valence-corrected chi connectivity index (χ3v) is 5.09. The van der Waals surface area contributed by atoms with E-state index in [1.54, 1.807) is 0 Å². The summed E-state index contributed by atoms with van der Waals surface area (Å²) in [6.45, 7) is 6.20. The summed E-state index contributed by atoms with van der Waals surface area (Å²) in [6, 6.07) is 8.21. The van der Waals surface area contributed by atoms with Gasteiger partial charge in [-0.05, 0) is 38.8 Å². The number of piperidine rings is 1. The van der Waals surface area contributed by atoms with Gasteiger partial charge in [-0.2, -0.15) is 4.98 Å². The third-order valence-electron chi connectivity index (χ3n) is 5.09. The molecule has 1 fully saturated rings. The minimum absolute atomic E-state index is 0.100. The molecule has 0 bridgehead atoms. The lowest BCUT2D eigenvalue weighted by Gasteiger charge is -2.34. The van der Waals surface area contributed by atoms with Crippen molar-refractivity contribution in [2.75, 3.05) is 13.1 Å². The minimum atomic E-state index is 0.100. The maximum atomic E-state index is 5.59. The van der Waals surface area contributed by atoms with E-state index in [9.17, 15) is 0 Å². The molecule has 2 aromatic heterocycles. The van der Waals surface area contributed by atoms with Crippen LogP contribution in [0.1, 0.15) is 49.0 Å². The molecular formula is C19H23N5O. The van der Waals surface area contributed by atoms with Crippen LogP contribution in [0.25, 0.3) is 11.4 Å². The molecule has 0 amide bonds. The SMILES string of the molecule is Cc1ccccc1-c1noc([C@H](C)N2CCC[C@H](c3ncc[nH]3)C2)n1. The smallest absolute Gasteiger partial charge is 0.244 e. The molecule has 1 aliphatic rings. The van der Waals surface area contributed by atoms with Crippen LogP contribution in [-0.2, 0) is 0 Å². The molecule has 0 spiro atoms. The normalized spacial score (nSPS) is 19.8. The molecule has 0 radical (unpaired) electrons. The minimum Gasteiger partial charge on any atom is -0.348 e. The summed E-state index contributed by atoms with van der Waals surface area (Å²) in [4.78, 5) is 14.7. The van der Waals surface area contributed by atoms with Gasteiger partial charge in [0.2, 0.25) is 11.7 Å². The second kappa shape index (κ2) is 6.80. The molecule has 3 heterocycles. The Hall–Kier alpha value is -2.47. The topological polar surface area (TPSA) is 70.8 Å². The van der Waals surface area contributed by atoms with E-state index in [1.807, 2.05) is 30.6 Å². The van der Waals surface area contributed by atoms with Crippen molar-refractivity contribution in [3.05, 3.63) is 53.9 Å². The summed E-state index contributed by atoms with van der Waals surface area (Å²) in [6.07, 6.45) is 6.03.